The molecule has 0 heterocycles. The third-order valence-electron chi connectivity index (χ3n) is 28.7. The van der Waals surface area contributed by atoms with Crippen LogP contribution in [0.2, 0.25) is 0 Å². The Morgan fingerprint density at radius 2 is 0.599 bits per heavy atom. The molecule has 137 heavy (non-hydrogen) atoms. The molecule has 4 fully saturated rings. The highest BCUT2D eigenvalue weighted by molar-refractivity contribution is 7.94. The highest BCUT2D eigenvalue weighted by Crippen LogP contribution is 2.50. The molecule has 0 N–H and O–H groups in total. The van der Waals surface area contributed by atoms with Crippen molar-refractivity contribution in [3.8, 4) is 0 Å². The molecule has 0 radical (unpaired) electrons. The monoisotopic (exact) mass is 2120 g/mol. The van der Waals surface area contributed by atoms with Crippen molar-refractivity contribution in [1.82, 2.24) is 0 Å². The fourth-order valence-electron chi connectivity index (χ4n) is 17.5. The van der Waals surface area contributed by atoms with E-state index in [4.69, 9.17) is 0 Å². The summed E-state index contributed by atoms with van der Waals surface area (Å²) in [5.41, 5.74) is 1.57. The van der Waals surface area contributed by atoms with Crippen LogP contribution in [0, 0.1) is 137 Å². The maximum atomic E-state index is 12.9. The fourth-order valence-corrected chi connectivity index (χ4v) is 33.7. The van der Waals surface area contributed by atoms with Gasteiger partial charge in [0.05, 0.1) is 83.2 Å². The van der Waals surface area contributed by atoms with E-state index in [-0.39, 0.29) is 128 Å². The first-order valence-corrected chi connectivity index (χ1v) is 67.9. The molecule has 824 valence electrons. The molecule has 0 aliphatic heterocycles. The van der Waals surface area contributed by atoms with Crippen molar-refractivity contribution in [2.45, 2.75) is 442 Å². The smallest absolute Gasteiger partial charge is 0.238 e. The van der Waals surface area contributed by atoms with E-state index >= 15 is 0 Å². The Balaban J connectivity index is -0.000000730. The lowest BCUT2D eigenvalue weighted by atomic mass is 9.68. The lowest BCUT2D eigenvalue weighted by Gasteiger charge is -2.40. The predicted molar refractivity (Wildman–Crippen MR) is 598 cm³/mol. The number of rotatable bonds is 36. The van der Waals surface area contributed by atoms with Crippen molar-refractivity contribution in [1.29, 1.82) is 0 Å². The minimum Gasteiger partial charge on any atom is -0.270 e. The lowest BCUT2D eigenvalue weighted by molar-refractivity contribution is 0.123. The van der Waals surface area contributed by atoms with Crippen LogP contribution in [0.1, 0.15) is 416 Å². The Labute approximate surface area is 853 Å². The second-order valence-corrected chi connectivity index (χ2v) is 76.2. The first kappa shape index (κ1) is 142. The Hall–Kier alpha value is -1.43. The Kier molecular flexibility index (Phi) is 57.7. The number of hydrogen-bond donors (Lipinski definition) is 0. The van der Waals surface area contributed by atoms with Crippen molar-refractivity contribution in [3.05, 3.63) is 30.3 Å². The number of para-hydroxylation sites is 1. The molecule has 0 amide bonds. The van der Waals surface area contributed by atoms with Gasteiger partial charge in [-0.2, -0.15) is 0 Å². The van der Waals surface area contributed by atoms with E-state index in [9.17, 15) is 75.8 Å². The molecule has 0 spiro atoms. The maximum absolute atomic E-state index is 12.9. The zero-order valence-electron chi connectivity index (χ0n) is 97.7. The van der Waals surface area contributed by atoms with Crippen LogP contribution in [0.5, 0.6) is 0 Å². The van der Waals surface area contributed by atoms with Crippen LogP contribution >= 0.6 is 0 Å². The summed E-state index contributed by atoms with van der Waals surface area (Å²) >= 11 is 0. The van der Waals surface area contributed by atoms with Gasteiger partial charge in [0.2, 0.25) is 10.0 Å². The molecule has 19 nitrogen and oxygen atoms in total. The molecule has 0 aromatic heterocycles. The van der Waals surface area contributed by atoms with E-state index in [0.717, 1.165) is 57.1 Å². The van der Waals surface area contributed by atoms with Crippen LogP contribution in [-0.4, -0.2) is 178 Å². The van der Waals surface area contributed by atoms with Gasteiger partial charge in [-0.25, -0.2) is 75.8 Å². The molecule has 0 saturated heterocycles. The minimum atomic E-state index is -3.21. The van der Waals surface area contributed by atoms with Gasteiger partial charge in [0.1, 0.15) is 29.5 Å². The first-order valence-electron chi connectivity index (χ1n) is 52.1. The van der Waals surface area contributed by atoms with Gasteiger partial charge in [-0.1, -0.05) is 321 Å². The molecule has 1 aromatic rings. The van der Waals surface area contributed by atoms with Crippen LogP contribution in [0.15, 0.2) is 30.3 Å². The average molecular weight is 2120 g/mol. The SMILES string of the molecule is CC(C)(C)[C@H](CN(c1ccccc1)S(=O)(=O)C1CC1)C1CC1.CC(C)(C)[C@H](CS(C)(=O)=O)C1CC1.CC(C)S(=O)(=O)CC(C(C)(C)C)C(C)(C)C.CC(C)[C@@H](CS(=O)(=O)C(C)C)C(C)(C)C.CCS(=O)(=O)C[C@H](C(C)C)C(C)(C)C.CC[C@@H](CS(=O)(=O)C(C)(C)C)C(C)(C)C.CC[C@@H](CS(=O)(=O)C(C)C)C(C)(C)C.CC[C@@H](CS(=O)(=O)CC)C(C)(C)C.CC[C@@H](CS(=O)(=O)CC1CC1)C(C)(C)C. The molecular formula is C109H221NO18S9. The average Bonchev–Trinajstić information content (AvgIpc) is 1.63. The van der Waals surface area contributed by atoms with E-state index in [1.807, 2.05) is 30.3 Å². The van der Waals surface area contributed by atoms with Crippen molar-refractivity contribution < 1.29 is 75.8 Å². The van der Waals surface area contributed by atoms with Gasteiger partial charge in [0.25, 0.3) is 0 Å². The minimum absolute atomic E-state index is 0.0141. The van der Waals surface area contributed by atoms with E-state index in [1.54, 1.807) is 80.5 Å². The summed E-state index contributed by atoms with van der Waals surface area (Å²) in [5, 5.41) is -0.952. The summed E-state index contributed by atoms with van der Waals surface area (Å²) in [6.45, 7) is 101. The van der Waals surface area contributed by atoms with E-state index in [0.29, 0.717) is 99.9 Å². The molecule has 5 rings (SSSR count). The van der Waals surface area contributed by atoms with Crippen LogP contribution in [-0.2, 0) is 88.7 Å². The summed E-state index contributed by atoms with van der Waals surface area (Å²) in [7, 11) is -26.3. The van der Waals surface area contributed by atoms with Crippen LogP contribution in [0.25, 0.3) is 0 Å². The van der Waals surface area contributed by atoms with E-state index in [1.165, 1.54) is 31.9 Å². The van der Waals surface area contributed by atoms with Gasteiger partial charge < -0.3 is 0 Å². The lowest BCUT2D eigenvalue weighted by Crippen LogP contribution is -2.42. The molecule has 1 aromatic carbocycles. The van der Waals surface area contributed by atoms with Crippen LogP contribution in [0.3, 0.4) is 0 Å². The Morgan fingerprint density at radius 3 is 0.854 bits per heavy atom. The number of anilines is 1. The van der Waals surface area contributed by atoms with Crippen molar-refractivity contribution in [2.24, 2.45) is 137 Å². The summed E-state index contributed by atoms with van der Waals surface area (Å²) in [4.78, 5) is 0. The molecule has 28 heteroatoms. The quantitative estimate of drug-likeness (QED) is 0.0602. The van der Waals surface area contributed by atoms with Crippen molar-refractivity contribution in [2.75, 3.05) is 80.4 Å². The topological polar surface area (TPSA) is 310 Å². The summed E-state index contributed by atoms with van der Waals surface area (Å²) in [6.07, 6.45) is 13.9. The third-order valence-corrected chi connectivity index (χ3v) is 46.9. The molecule has 4 aliphatic rings. The number of benzene rings is 1. The van der Waals surface area contributed by atoms with Gasteiger partial charge in [-0.15, -0.1) is 0 Å². The summed E-state index contributed by atoms with van der Waals surface area (Å²) in [5.74, 6) is 8.69. The number of nitrogens with zero attached hydrogens (tertiary/aromatic N) is 1. The molecule has 4 saturated carbocycles. The number of sulfone groups is 8. The van der Waals surface area contributed by atoms with E-state index < -0.39 is 93.5 Å². The van der Waals surface area contributed by atoms with Gasteiger partial charge in [0, 0.05) is 24.3 Å². The van der Waals surface area contributed by atoms with Gasteiger partial charge >= 0.3 is 0 Å². The number of hydrogen-bond acceptors (Lipinski definition) is 18. The van der Waals surface area contributed by atoms with Gasteiger partial charge in [0.15, 0.2) is 49.2 Å². The standard InChI is InChI=1S/C18H27NO2S.C13H28O2S.C12H24O2S.2C12H26O2S.2C11H24O2S.C10H20O2S.C10H22O2S/c1-18(2,3)17(14-9-10-14)13-19(15-7-5-4-6-8-15)22(20,21)16-11-12-16;1-10(2)16(14,15)9-11(12(3,4)5)13(6,7)8;1-5-11(12(2,3)4)9-15(13,14)8-10-6-7-10;1-9(2)11(12(5,6)7)8-15(13,14)10(3)4;1-8-10(11(2,3)4)9-15(13,14)12(5,6)7;1-7-14(12,13)8-10(9(2)3)11(4,5)6;1-7-10(11(4,5)6)8-14(12,13)9(2)3;1-10(2,3)9(8-5-6-8)7-13(4,11)12;1-6-9(10(3,4)5)8-13(11,12)7-2/h4-8,14,16-17H,9-13H2,1-3H3;10-11H,9H2,1-8H3;10-11H,5-9H2,1-4H3;9-11H,8H2,1-7H3;10H,8-9H2,1-7H3;2*9-10H,7-8H2,1-6H3;8-9H,5-7H2,1-4H3;9H,6-8H2,1-5H3/t17-;;2*11-;3*10-;2*9-/m1.0101010/s1. The van der Waals surface area contributed by atoms with Crippen LogP contribution < -0.4 is 4.31 Å². The Bertz CT molecular complexity index is 4680. The number of sulfonamides is 1. The maximum Gasteiger partial charge on any atom is 0.238 e. The highest BCUT2D eigenvalue weighted by atomic mass is 32.2. The predicted octanol–water partition coefficient (Wildman–Crippen LogP) is 27.1. The molecule has 0 unspecified atom stereocenters. The largest absolute Gasteiger partial charge is 0.270 e. The second kappa shape index (κ2) is 55.7. The van der Waals surface area contributed by atoms with Crippen molar-refractivity contribution in [3.63, 3.8) is 0 Å². The zero-order chi connectivity index (χ0) is 110. The third kappa shape index (κ3) is 58.8. The molecule has 8 atom stereocenters. The van der Waals surface area contributed by atoms with Gasteiger partial charge in [-0.05, 0) is 263 Å². The summed E-state index contributed by atoms with van der Waals surface area (Å²) in [6, 6.07) is 9.63. The van der Waals surface area contributed by atoms with Gasteiger partial charge in [-0.3, -0.25) is 4.31 Å². The molecule has 4 aliphatic carbocycles. The fraction of sp³-hybridized carbons (Fsp3) is 0.945. The van der Waals surface area contributed by atoms with Crippen molar-refractivity contribution >= 4 is 94.4 Å². The Morgan fingerprint density at radius 1 is 0.307 bits per heavy atom. The normalized spacial score (nSPS) is 17.6. The second-order valence-electron chi connectivity index (χ2n) is 54.4. The first-order chi connectivity index (χ1) is 60.4. The van der Waals surface area contributed by atoms with E-state index in [2.05, 4.69) is 263 Å². The molecule has 0 bridgehead atoms. The highest BCUT2D eigenvalue weighted by Gasteiger charge is 2.48. The van der Waals surface area contributed by atoms with Crippen LogP contribution in [0.4, 0.5) is 5.69 Å². The zero-order valence-corrected chi connectivity index (χ0v) is 105. The molecular weight excluding hydrogens is 1900 g/mol. The summed E-state index contributed by atoms with van der Waals surface area (Å²) < 4.78 is 215.